The maximum absolute atomic E-state index is 12.8. The fourth-order valence-electron chi connectivity index (χ4n) is 9.71. The topological polar surface area (TPSA) is 195 Å². The second-order valence-corrected chi connectivity index (χ2v) is 20.5. The summed E-state index contributed by atoms with van der Waals surface area (Å²) in [6, 6.07) is 28.2. The molecule has 2 heterocycles. The number of para-hydroxylation sites is 4. The molecule has 2 fully saturated rings. The van der Waals surface area contributed by atoms with Gasteiger partial charge < -0.3 is 72.9 Å². The molecule has 2 aliphatic heterocycles. The molecule has 21 heteroatoms. The molecule has 83 heavy (non-hydrogen) atoms. The number of hydrogen-bond donors (Lipinski definition) is 2. The van der Waals surface area contributed by atoms with Gasteiger partial charge in [-0.2, -0.15) is 0 Å². The first-order valence-corrected chi connectivity index (χ1v) is 29.0. The summed E-state index contributed by atoms with van der Waals surface area (Å²) in [6.07, 6.45) is 2.73. The van der Waals surface area contributed by atoms with E-state index in [1.54, 1.807) is 42.5 Å². The lowest BCUT2D eigenvalue weighted by Gasteiger charge is -2.36. The van der Waals surface area contributed by atoms with Crippen molar-refractivity contribution >= 4 is 35.0 Å². The first-order valence-electron chi connectivity index (χ1n) is 29.0. The number of likely N-dealkylation sites (N-methyl/N-ethyl adjacent to an activating group) is 2. The van der Waals surface area contributed by atoms with Crippen LogP contribution in [-0.2, 0) is 46.5 Å². The fourth-order valence-corrected chi connectivity index (χ4v) is 9.71. The SMILES string of the molecule is COc1cc(CN2CCN(c3ccccc3OC)CC2)ccc1OCCCC(=O)N(C)CC(=O)NCCCOCCOCCOCCCNC(=O)CN(C)C(=O)CCCOc1ccc(CN2CCN(c3ccccc3OC)CC2)cc1OC. The molecular weight excluding hydrogens is 1060 g/mol. The van der Waals surface area contributed by atoms with Crippen LogP contribution in [0.3, 0.4) is 0 Å². The Labute approximate surface area is 491 Å². The van der Waals surface area contributed by atoms with Crippen LogP contribution in [-0.4, -0.2) is 217 Å². The number of anilines is 2. The van der Waals surface area contributed by atoms with E-state index in [-0.39, 0.29) is 49.6 Å². The Hall–Kier alpha value is -7.04. The summed E-state index contributed by atoms with van der Waals surface area (Å²) in [5, 5.41) is 5.68. The molecule has 0 unspecified atom stereocenters. The van der Waals surface area contributed by atoms with Crippen molar-refractivity contribution < 1.29 is 61.8 Å². The van der Waals surface area contributed by atoms with Crippen molar-refractivity contribution in [2.75, 3.05) is 184 Å². The predicted octanol–water partition coefficient (Wildman–Crippen LogP) is 5.36. The smallest absolute Gasteiger partial charge is 0.239 e. The Morgan fingerprint density at radius 1 is 0.434 bits per heavy atom. The van der Waals surface area contributed by atoms with E-state index in [1.807, 2.05) is 60.7 Å². The van der Waals surface area contributed by atoms with Gasteiger partial charge in [0.2, 0.25) is 23.6 Å². The van der Waals surface area contributed by atoms with E-state index in [9.17, 15) is 19.2 Å². The predicted molar refractivity (Wildman–Crippen MR) is 319 cm³/mol. The second kappa shape index (κ2) is 36.5. The highest BCUT2D eigenvalue weighted by atomic mass is 16.5. The summed E-state index contributed by atoms with van der Waals surface area (Å²) >= 11 is 0. The molecule has 21 nitrogen and oxygen atoms in total. The van der Waals surface area contributed by atoms with Crippen molar-refractivity contribution in [1.82, 2.24) is 30.2 Å². The van der Waals surface area contributed by atoms with Gasteiger partial charge in [0.05, 0.1) is 92.5 Å². The monoisotopic (exact) mass is 1150 g/mol. The van der Waals surface area contributed by atoms with Crippen molar-refractivity contribution in [1.29, 1.82) is 0 Å². The molecule has 0 bridgehead atoms. The molecule has 0 aromatic heterocycles. The summed E-state index contributed by atoms with van der Waals surface area (Å²) in [6.45, 7) is 13.0. The van der Waals surface area contributed by atoms with Gasteiger partial charge in [0, 0.05) is 119 Å². The molecular formula is C62H90N8O13. The number of hydrogen-bond acceptors (Lipinski definition) is 17. The van der Waals surface area contributed by atoms with Gasteiger partial charge in [-0.1, -0.05) is 36.4 Å². The lowest BCUT2D eigenvalue weighted by atomic mass is 10.1. The van der Waals surface area contributed by atoms with Gasteiger partial charge in [0.25, 0.3) is 0 Å². The van der Waals surface area contributed by atoms with Crippen molar-refractivity contribution in [3.63, 3.8) is 0 Å². The molecule has 456 valence electrons. The third kappa shape index (κ3) is 22.6. The standard InChI is InChI=1S/C62H90N8O13/c1-65(61(73)19-11-37-82-55-23-21-49(43-57(55)77-5)45-67-27-31-69(32-28-67)51-15-7-9-17-53(51)75-3)47-59(71)63-25-13-35-79-39-41-81-42-40-80-36-14-26-64-60(72)48-66(2)62(74)20-12-38-83-56-24-22-50(44-58(56)78-6)46-68-29-33-70(34-30-68)52-16-8-10-18-54(52)76-4/h7-10,15-18,21-24,43-44H,11-14,19-20,25-42,45-48H2,1-6H3,(H,63,71)(H,64,72). The maximum Gasteiger partial charge on any atom is 0.239 e. The van der Waals surface area contributed by atoms with E-state index in [2.05, 4.69) is 54.5 Å². The number of piperazine rings is 2. The van der Waals surface area contributed by atoms with Crippen molar-refractivity contribution in [2.24, 2.45) is 0 Å². The highest BCUT2D eigenvalue weighted by molar-refractivity contribution is 5.85. The van der Waals surface area contributed by atoms with Crippen LogP contribution in [0.1, 0.15) is 49.7 Å². The number of methoxy groups -OCH3 is 4. The number of nitrogens with one attached hydrogen (secondary N) is 2. The van der Waals surface area contributed by atoms with Gasteiger partial charge in [-0.05, 0) is 85.3 Å². The first-order chi connectivity index (χ1) is 40.5. The zero-order valence-electron chi connectivity index (χ0n) is 49.9. The Kier molecular flexibility index (Phi) is 28.7. The van der Waals surface area contributed by atoms with Crippen LogP contribution >= 0.6 is 0 Å². The maximum atomic E-state index is 12.8. The summed E-state index contributed by atoms with van der Waals surface area (Å²) < 4.78 is 51.2. The van der Waals surface area contributed by atoms with Crippen molar-refractivity contribution in [2.45, 2.75) is 51.6 Å². The molecule has 0 radical (unpaired) electrons. The van der Waals surface area contributed by atoms with Gasteiger partial charge >= 0.3 is 0 Å². The van der Waals surface area contributed by atoms with Crippen LogP contribution in [0.2, 0.25) is 0 Å². The van der Waals surface area contributed by atoms with Gasteiger partial charge in [-0.25, -0.2) is 0 Å². The van der Waals surface area contributed by atoms with Crippen molar-refractivity contribution in [3.8, 4) is 34.5 Å². The lowest BCUT2D eigenvalue weighted by molar-refractivity contribution is -0.134. The number of carbonyl (C=O) groups excluding carboxylic acids is 4. The number of amides is 4. The van der Waals surface area contributed by atoms with Gasteiger partial charge in [-0.15, -0.1) is 0 Å². The van der Waals surface area contributed by atoms with Crippen LogP contribution in [0, 0.1) is 0 Å². The average Bonchev–Trinajstić information content (AvgIpc) is 3.66. The molecule has 2 aliphatic rings. The van der Waals surface area contributed by atoms with Gasteiger partial charge in [0.1, 0.15) is 11.5 Å². The highest BCUT2D eigenvalue weighted by Crippen LogP contribution is 2.33. The normalized spacial score (nSPS) is 13.7. The molecule has 4 aromatic carbocycles. The van der Waals surface area contributed by atoms with Crippen LogP contribution in [0.25, 0.3) is 0 Å². The van der Waals surface area contributed by atoms with E-state index < -0.39 is 0 Å². The molecule has 0 aliphatic carbocycles. The largest absolute Gasteiger partial charge is 0.495 e. The number of ether oxygens (including phenoxy) is 9. The van der Waals surface area contributed by atoms with Gasteiger partial charge in [0.15, 0.2) is 23.0 Å². The second-order valence-electron chi connectivity index (χ2n) is 20.5. The lowest BCUT2D eigenvalue weighted by Crippen LogP contribution is -2.46. The van der Waals surface area contributed by atoms with E-state index in [4.69, 9.17) is 42.6 Å². The molecule has 2 N–H and O–H groups in total. The number of benzene rings is 4. The van der Waals surface area contributed by atoms with Crippen LogP contribution < -0.4 is 48.9 Å². The minimum Gasteiger partial charge on any atom is -0.495 e. The molecule has 4 aromatic rings. The third-order valence-corrected chi connectivity index (χ3v) is 14.4. The highest BCUT2D eigenvalue weighted by Gasteiger charge is 2.23. The summed E-state index contributed by atoms with van der Waals surface area (Å²) in [7, 11) is 9.91. The Bertz CT molecular complexity index is 2410. The third-order valence-electron chi connectivity index (χ3n) is 14.4. The quantitative estimate of drug-likeness (QED) is 0.0544. The molecule has 6 rings (SSSR count). The molecule has 0 atom stereocenters. The minimum absolute atomic E-state index is 0.0317. The number of nitrogens with zero attached hydrogens (tertiary/aromatic N) is 6. The molecule has 2 saturated heterocycles. The summed E-state index contributed by atoms with van der Waals surface area (Å²) in [5.41, 5.74) is 4.52. The zero-order chi connectivity index (χ0) is 59.0. The number of rotatable bonds is 38. The Balaban J connectivity index is 0.689. The number of carbonyl (C=O) groups is 4. The van der Waals surface area contributed by atoms with Crippen molar-refractivity contribution in [3.05, 3.63) is 96.1 Å². The Morgan fingerprint density at radius 2 is 0.807 bits per heavy atom. The summed E-state index contributed by atoms with van der Waals surface area (Å²) in [5.74, 6) is 3.61. The van der Waals surface area contributed by atoms with E-state index >= 15 is 0 Å². The van der Waals surface area contributed by atoms with E-state index in [0.717, 1.165) is 99.4 Å². The molecule has 0 spiro atoms. The molecule has 4 amide bonds. The average molecular weight is 1160 g/mol. The van der Waals surface area contributed by atoms with Crippen LogP contribution in [0.15, 0.2) is 84.9 Å². The Morgan fingerprint density at radius 3 is 1.19 bits per heavy atom. The van der Waals surface area contributed by atoms with E-state index in [1.165, 1.54) is 9.80 Å². The first kappa shape index (κ1) is 65.1. The fraction of sp³-hybridized carbons (Fsp3) is 0.548. The minimum atomic E-state index is -0.234. The molecule has 0 saturated carbocycles. The van der Waals surface area contributed by atoms with Crippen LogP contribution in [0.5, 0.6) is 34.5 Å². The van der Waals surface area contributed by atoms with Gasteiger partial charge in [-0.3, -0.25) is 29.0 Å². The van der Waals surface area contributed by atoms with Crippen LogP contribution in [0.4, 0.5) is 11.4 Å². The summed E-state index contributed by atoms with van der Waals surface area (Å²) in [4.78, 5) is 62.9. The zero-order valence-corrected chi connectivity index (χ0v) is 49.9. The van der Waals surface area contributed by atoms with E-state index in [0.29, 0.717) is 115 Å².